The maximum atomic E-state index is 13.0. The zero-order valence-corrected chi connectivity index (χ0v) is 18.2. The van der Waals surface area contributed by atoms with E-state index < -0.39 is 0 Å². The molecule has 8 heteroatoms. The van der Waals surface area contributed by atoms with Crippen LogP contribution in [0.5, 0.6) is 0 Å². The molecule has 0 unspecified atom stereocenters. The molecular formula is C23H27N5O3. The Kier molecular flexibility index (Phi) is 5.88. The van der Waals surface area contributed by atoms with Crippen molar-refractivity contribution in [3.8, 4) is 0 Å². The minimum absolute atomic E-state index is 0.163. The molecule has 0 spiro atoms. The maximum Gasteiger partial charge on any atom is 0.276 e. The predicted octanol–water partition coefficient (Wildman–Crippen LogP) is 2.77. The maximum absolute atomic E-state index is 13.0. The highest BCUT2D eigenvalue weighted by molar-refractivity contribution is 5.95. The number of benzene rings is 1. The van der Waals surface area contributed by atoms with Gasteiger partial charge in [0.05, 0.1) is 13.1 Å². The lowest BCUT2D eigenvalue weighted by atomic mass is 10.0. The third-order valence-corrected chi connectivity index (χ3v) is 5.48. The van der Waals surface area contributed by atoms with Crippen LogP contribution in [0.4, 0.5) is 0 Å². The van der Waals surface area contributed by atoms with E-state index >= 15 is 0 Å². The van der Waals surface area contributed by atoms with Crippen molar-refractivity contribution in [2.75, 3.05) is 20.6 Å². The Hall–Kier alpha value is -3.42. The molecular weight excluding hydrogens is 394 g/mol. The summed E-state index contributed by atoms with van der Waals surface area (Å²) in [5.74, 6) is 0.363. The summed E-state index contributed by atoms with van der Waals surface area (Å²) in [7, 11) is 3.42. The number of carbonyl (C=O) groups excluding carboxylic acids is 2. The zero-order chi connectivity index (χ0) is 22.0. The quantitative estimate of drug-likeness (QED) is 0.611. The molecule has 8 nitrogen and oxygen atoms in total. The molecule has 0 radical (unpaired) electrons. The molecule has 162 valence electrons. The van der Waals surface area contributed by atoms with Gasteiger partial charge >= 0.3 is 0 Å². The van der Waals surface area contributed by atoms with Crippen LogP contribution >= 0.6 is 0 Å². The van der Waals surface area contributed by atoms with E-state index in [9.17, 15) is 9.59 Å². The summed E-state index contributed by atoms with van der Waals surface area (Å²) in [4.78, 5) is 29.1. The first kappa shape index (κ1) is 20.8. The highest BCUT2D eigenvalue weighted by Gasteiger charge is 2.32. The van der Waals surface area contributed by atoms with Crippen LogP contribution in [0.15, 0.2) is 40.9 Å². The fourth-order valence-electron chi connectivity index (χ4n) is 3.87. The fourth-order valence-corrected chi connectivity index (χ4v) is 3.87. The monoisotopic (exact) mass is 421 g/mol. The van der Waals surface area contributed by atoms with Crippen molar-refractivity contribution in [2.45, 2.75) is 39.3 Å². The van der Waals surface area contributed by atoms with E-state index in [1.807, 2.05) is 41.9 Å². The van der Waals surface area contributed by atoms with Crippen LogP contribution in [0.2, 0.25) is 0 Å². The minimum atomic E-state index is -0.184. The molecule has 31 heavy (non-hydrogen) atoms. The Morgan fingerprint density at radius 3 is 2.68 bits per heavy atom. The second kappa shape index (κ2) is 8.75. The van der Waals surface area contributed by atoms with E-state index in [2.05, 4.69) is 10.3 Å². The van der Waals surface area contributed by atoms with Crippen molar-refractivity contribution in [3.63, 3.8) is 0 Å². The molecule has 3 aromatic rings. The molecule has 0 bridgehead atoms. The van der Waals surface area contributed by atoms with Crippen molar-refractivity contribution in [1.82, 2.24) is 24.7 Å². The lowest BCUT2D eigenvalue weighted by molar-refractivity contribution is 0.0716. The van der Waals surface area contributed by atoms with Gasteiger partial charge in [-0.1, -0.05) is 42.4 Å². The largest absolute Gasteiger partial charge is 0.361 e. The van der Waals surface area contributed by atoms with Crippen LogP contribution < -0.4 is 0 Å². The molecule has 1 aliphatic rings. The zero-order valence-electron chi connectivity index (χ0n) is 18.2. The Morgan fingerprint density at radius 2 is 1.97 bits per heavy atom. The van der Waals surface area contributed by atoms with Crippen LogP contribution in [0.3, 0.4) is 0 Å². The minimum Gasteiger partial charge on any atom is -0.361 e. The second-order valence-electron chi connectivity index (χ2n) is 8.02. The Bertz CT molecular complexity index is 1080. The summed E-state index contributed by atoms with van der Waals surface area (Å²) in [5.41, 5.74) is 3.64. The predicted molar refractivity (Wildman–Crippen MR) is 115 cm³/mol. The van der Waals surface area contributed by atoms with E-state index in [-0.39, 0.29) is 11.8 Å². The van der Waals surface area contributed by atoms with E-state index in [0.717, 1.165) is 29.7 Å². The third kappa shape index (κ3) is 4.23. The molecule has 0 saturated heterocycles. The molecule has 0 fully saturated rings. The number of carbonyl (C=O) groups is 2. The Morgan fingerprint density at radius 1 is 1.19 bits per heavy atom. The fraction of sp³-hybridized carbons (Fsp3) is 0.391. The van der Waals surface area contributed by atoms with Crippen LogP contribution in [-0.4, -0.2) is 57.2 Å². The number of fused-ring (bicyclic) bond motifs is 1. The van der Waals surface area contributed by atoms with Gasteiger partial charge in [-0.15, -0.1) is 0 Å². The van der Waals surface area contributed by atoms with E-state index in [1.165, 1.54) is 4.90 Å². The first-order chi connectivity index (χ1) is 15.0. The van der Waals surface area contributed by atoms with Crippen molar-refractivity contribution in [3.05, 3.63) is 70.4 Å². The van der Waals surface area contributed by atoms with Gasteiger partial charge in [0.15, 0.2) is 11.4 Å². The average Bonchev–Trinajstić information content (AvgIpc) is 3.38. The van der Waals surface area contributed by atoms with E-state index in [0.29, 0.717) is 43.2 Å². The number of hydrogen-bond acceptors (Lipinski definition) is 5. The number of hydrogen-bond donors (Lipinski definition) is 0. The number of amides is 2. The molecule has 0 aliphatic carbocycles. The molecule has 1 aromatic carbocycles. The van der Waals surface area contributed by atoms with Crippen LogP contribution in [0, 0.1) is 0 Å². The highest BCUT2D eigenvalue weighted by Crippen LogP contribution is 2.25. The molecule has 2 aromatic heterocycles. The first-order valence-electron chi connectivity index (χ1n) is 10.6. The summed E-state index contributed by atoms with van der Waals surface area (Å²) in [6, 6.07) is 11.7. The molecule has 0 N–H and O–H groups in total. The molecule has 0 saturated carbocycles. The summed E-state index contributed by atoms with van der Waals surface area (Å²) >= 11 is 0. The van der Waals surface area contributed by atoms with E-state index in [4.69, 9.17) is 4.52 Å². The van der Waals surface area contributed by atoms with Gasteiger partial charge < -0.3 is 14.3 Å². The third-order valence-electron chi connectivity index (χ3n) is 5.48. The normalized spacial score (nSPS) is 13.2. The lowest BCUT2D eigenvalue weighted by Crippen LogP contribution is -2.37. The van der Waals surface area contributed by atoms with Crippen LogP contribution in [-0.2, 0) is 25.9 Å². The Labute approximate surface area is 181 Å². The smallest absolute Gasteiger partial charge is 0.276 e. The van der Waals surface area contributed by atoms with Gasteiger partial charge in [-0.2, -0.15) is 5.10 Å². The number of aryl methyl sites for hydroxylation is 1. The summed E-state index contributed by atoms with van der Waals surface area (Å²) in [5, 5.41) is 8.61. The van der Waals surface area contributed by atoms with Crippen molar-refractivity contribution < 1.29 is 14.1 Å². The summed E-state index contributed by atoms with van der Waals surface area (Å²) < 4.78 is 7.18. The molecule has 2 amide bonds. The standard InChI is InChI=1S/C23H27N5O3/c1-4-8-17-13-19(25-31-17)22(29)27-12-11-20-18(15-27)21(23(30)26(2)3)24-28(20)14-16-9-6-5-7-10-16/h5-7,9-10,13H,4,8,11-12,14-15H2,1-3H3. The SMILES string of the molecule is CCCc1cc(C(=O)N2CCc3c(c(C(=O)N(C)C)nn3Cc3ccccc3)C2)no1. The van der Waals surface area contributed by atoms with Gasteiger partial charge in [-0.3, -0.25) is 14.3 Å². The van der Waals surface area contributed by atoms with Gasteiger partial charge in [-0.05, 0) is 12.0 Å². The molecule has 3 heterocycles. The number of aromatic nitrogens is 3. The summed E-state index contributed by atoms with van der Waals surface area (Å²) in [6.07, 6.45) is 2.30. The van der Waals surface area contributed by atoms with Gasteiger partial charge in [0.1, 0.15) is 5.76 Å². The average molecular weight is 422 g/mol. The second-order valence-corrected chi connectivity index (χ2v) is 8.02. The van der Waals surface area contributed by atoms with Gasteiger partial charge in [-0.25, -0.2) is 0 Å². The first-order valence-corrected chi connectivity index (χ1v) is 10.6. The number of rotatable bonds is 6. The molecule has 4 rings (SSSR count). The van der Waals surface area contributed by atoms with Gasteiger partial charge in [0, 0.05) is 50.8 Å². The van der Waals surface area contributed by atoms with Gasteiger partial charge in [0.2, 0.25) is 0 Å². The topological polar surface area (TPSA) is 84.5 Å². The van der Waals surface area contributed by atoms with E-state index in [1.54, 1.807) is 25.1 Å². The van der Waals surface area contributed by atoms with Crippen molar-refractivity contribution in [2.24, 2.45) is 0 Å². The van der Waals surface area contributed by atoms with Crippen molar-refractivity contribution >= 4 is 11.8 Å². The van der Waals surface area contributed by atoms with Crippen molar-refractivity contribution in [1.29, 1.82) is 0 Å². The highest BCUT2D eigenvalue weighted by atomic mass is 16.5. The Balaban J connectivity index is 1.63. The van der Waals surface area contributed by atoms with Crippen LogP contribution in [0.1, 0.15) is 56.9 Å². The summed E-state index contributed by atoms with van der Waals surface area (Å²) in [6.45, 7) is 3.50. The number of nitrogens with zero attached hydrogens (tertiary/aromatic N) is 5. The van der Waals surface area contributed by atoms with Gasteiger partial charge in [0.25, 0.3) is 11.8 Å². The lowest BCUT2D eigenvalue weighted by Gasteiger charge is -2.27. The van der Waals surface area contributed by atoms with Crippen LogP contribution in [0.25, 0.3) is 0 Å². The molecule has 0 atom stereocenters. The molecule has 1 aliphatic heterocycles.